The normalized spacial score (nSPS) is 10.9. The summed E-state index contributed by atoms with van der Waals surface area (Å²) in [4.78, 5) is 17.9. The Labute approximate surface area is 177 Å². The van der Waals surface area contributed by atoms with Gasteiger partial charge in [-0.15, -0.1) is 23.1 Å². The first kappa shape index (κ1) is 19.5. The highest BCUT2D eigenvalue weighted by Crippen LogP contribution is 2.32. The van der Waals surface area contributed by atoms with E-state index in [4.69, 9.17) is 9.15 Å². The number of anilines is 1. The van der Waals surface area contributed by atoms with Crippen molar-refractivity contribution >= 4 is 45.1 Å². The molecule has 0 aliphatic rings. The van der Waals surface area contributed by atoms with Crippen LogP contribution in [0.1, 0.15) is 13.3 Å². The van der Waals surface area contributed by atoms with Crippen LogP contribution in [0.2, 0.25) is 0 Å². The number of hydrogen-bond donors (Lipinski definition) is 1. The molecule has 4 rings (SSSR count). The second-order valence-electron chi connectivity index (χ2n) is 6.24. The molecule has 2 heterocycles. The van der Waals surface area contributed by atoms with Gasteiger partial charge in [0.15, 0.2) is 10.9 Å². The average Bonchev–Trinajstić information content (AvgIpc) is 3.35. The number of aromatic nitrogens is 1. The lowest BCUT2D eigenvalue weighted by molar-refractivity contribution is -0.115. The summed E-state index contributed by atoms with van der Waals surface area (Å²) in [5.41, 5.74) is 1.48. The number of benzene rings is 2. The molecule has 1 amide bonds. The highest BCUT2D eigenvalue weighted by molar-refractivity contribution is 7.99. The molecule has 2 aromatic carbocycles. The maximum atomic E-state index is 12.2. The number of carbonyl (C=O) groups is 1. The lowest BCUT2D eigenvalue weighted by atomic mass is 10.2. The monoisotopic (exact) mass is 424 g/mol. The molecule has 0 saturated carbocycles. The van der Waals surface area contributed by atoms with Crippen LogP contribution in [-0.4, -0.2) is 23.3 Å². The predicted molar refractivity (Wildman–Crippen MR) is 119 cm³/mol. The van der Waals surface area contributed by atoms with Gasteiger partial charge in [0.05, 0.1) is 6.61 Å². The molecule has 1 N–H and O–H groups in total. The van der Waals surface area contributed by atoms with Gasteiger partial charge in [-0.25, -0.2) is 4.98 Å². The molecule has 0 fully saturated rings. The van der Waals surface area contributed by atoms with Crippen molar-refractivity contribution in [1.82, 2.24) is 4.98 Å². The number of thioether (sulfide) groups is 1. The molecule has 0 saturated heterocycles. The minimum absolute atomic E-state index is 0.0414. The molecule has 0 radical (unpaired) electrons. The number of nitrogens with zero attached hydrogens (tertiary/aromatic N) is 1. The maximum Gasteiger partial charge on any atom is 0.226 e. The van der Waals surface area contributed by atoms with Gasteiger partial charge < -0.3 is 14.5 Å². The topological polar surface area (TPSA) is 64.4 Å². The van der Waals surface area contributed by atoms with Crippen molar-refractivity contribution in [3.05, 3.63) is 60.0 Å². The highest BCUT2D eigenvalue weighted by atomic mass is 32.2. The molecule has 0 atom stereocenters. The number of fused-ring (bicyclic) bond motifs is 1. The lowest BCUT2D eigenvalue weighted by Gasteiger charge is -2.02. The van der Waals surface area contributed by atoms with Gasteiger partial charge in [0.25, 0.3) is 0 Å². The van der Waals surface area contributed by atoms with Crippen LogP contribution >= 0.6 is 23.1 Å². The standard InChI is InChI=1S/C22H20N2O3S2/c1-2-26-16-8-9-19-15(12-16)13-20(27-19)18-14-29-22(23-18)24-21(25)10-11-28-17-6-4-3-5-7-17/h3-9,12-14H,2,10-11H2,1H3,(H,23,24,25). The van der Waals surface area contributed by atoms with Crippen LogP contribution in [0.15, 0.2) is 69.3 Å². The van der Waals surface area contributed by atoms with E-state index in [1.807, 2.05) is 66.9 Å². The Hall–Kier alpha value is -2.77. The first-order valence-corrected chi connectivity index (χ1v) is 11.2. The Morgan fingerprint density at radius 1 is 1.21 bits per heavy atom. The number of ether oxygens (including phenoxy) is 1. The third kappa shape index (κ3) is 4.99. The molecule has 29 heavy (non-hydrogen) atoms. The van der Waals surface area contributed by atoms with Gasteiger partial charge in [-0.3, -0.25) is 4.79 Å². The van der Waals surface area contributed by atoms with Crippen molar-refractivity contribution in [2.45, 2.75) is 18.2 Å². The molecule has 0 unspecified atom stereocenters. The summed E-state index contributed by atoms with van der Waals surface area (Å²) in [7, 11) is 0. The van der Waals surface area contributed by atoms with Gasteiger partial charge in [0, 0.05) is 27.8 Å². The van der Waals surface area contributed by atoms with Crippen LogP contribution in [-0.2, 0) is 4.79 Å². The molecular weight excluding hydrogens is 404 g/mol. The Bertz CT molecular complexity index is 1110. The average molecular weight is 425 g/mol. The first-order valence-electron chi connectivity index (χ1n) is 9.31. The first-order chi connectivity index (χ1) is 14.2. The third-order valence-corrected chi connectivity index (χ3v) is 5.91. The minimum Gasteiger partial charge on any atom is -0.494 e. The molecule has 2 aromatic heterocycles. The molecule has 0 aliphatic heterocycles. The van der Waals surface area contributed by atoms with Gasteiger partial charge in [-0.2, -0.15) is 0 Å². The summed E-state index contributed by atoms with van der Waals surface area (Å²) in [6.45, 7) is 2.58. The van der Waals surface area contributed by atoms with E-state index in [9.17, 15) is 4.79 Å². The second-order valence-corrected chi connectivity index (χ2v) is 8.27. The van der Waals surface area contributed by atoms with Crippen molar-refractivity contribution in [1.29, 1.82) is 0 Å². The molecule has 148 valence electrons. The van der Waals surface area contributed by atoms with Crippen LogP contribution in [0.4, 0.5) is 5.13 Å². The molecule has 7 heteroatoms. The van der Waals surface area contributed by atoms with Gasteiger partial charge in [0.1, 0.15) is 17.0 Å². The zero-order chi connectivity index (χ0) is 20.1. The van der Waals surface area contributed by atoms with Crippen LogP contribution in [0.5, 0.6) is 5.75 Å². The summed E-state index contributed by atoms with van der Waals surface area (Å²) in [6, 6.07) is 17.7. The van der Waals surface area contributed by atoms with Gasteiger partial charge >= 0.3 is 0 Å². The highest BCUT2D eigenvalue weighted by Gasteiger charge is 2.12. The SMILES string of the molecule is CCOc1ccc2oc(-c3csc(NC(=O)CCSc4ccccc4)n3)cc2c1. The molecule has 0 aliphatic carbocycles. The lowest BCUT2D eigenvalue weighted by Crippen LogP contribution is -2.11. The molecule has 0 bridgehead atoms. The van der Waals surface area contributed by atoms with Crippen LogP contribution < -0.4 is 10.1 Å². The van der Waals surface area contributed by atoms with E-state index in [2.05, 4.69) is 10.3 Å². The number of furan rings is 1. The van der Waals surface area contributed by atoms with E-state index in [0.29, 0.717) is 29.6 Å². The van der Waals surface area contributed by atoms with Gasteiger partial charge in [0.2, 0.25) is 5.91 Å². The zero-order valence-electron chi connectivity index (χ0n) is 15.9. The predicted octanol–water partition coefficient (Wildman–Crippen LogP) is 6.08. The fraction of sp³-hybridized carbons (Fsp3) is 0.182. The number of nitrogens with one attached hydrogen (secondary N) is 1. The zero-order valence-corrected chi connectivity index (χ0v) is 17.5. The number of rotatable bonds is 8. The van der Waals surface area contributed by atoms with E-state index in [1.165, 1.54) is 11.3 Å². The van der Waals surface area contributed by atoms with E-state index in [1.54, 1.807) is 11.8 Å². The minimum atomic E-state index is -0.0414. The van der Waals surface area contributed by atoms with Crippen LogP contribution in [0.3, 0.4) is 0 Å². The van der Waals surface area contributed by atoms with E-state index in [-0.39, 0.29) is 5.91 Å². The fourth-order valence-corrected chi connectivity index (χ4v) is 4.40. The Morgan fingerprint density at radius 3 is 2.90 bits per heavy atom. The van der Waals surface area contributed by atoms with E-state index in [0.717, 1.165) is 27.4 Å². The summed E-state index contributed by atoms with van der Waals surface area (Å²) in [5.74, 6) is 2.16. The summed E-state index contributed by atoms with van der Waals surface area (Å²) in [6.07, 6.45) is 0.430. The van der Waals surface area contributed by atoms with Crippen molar-refractivity contribution in [3.8, 4) is 17.2 Å². The van der Waals surface area contributed by atoms with Crippen molar-refractivity contribution in [3.63, 3.8) is 0 Å². The molecule has 4 aromatic rings. The number of amides is 1. The number of carbonyl (C=O) groups excluding carboxylic acids is 1. The molecule has 5 nitrogen and oxygen atoms in total. The Balaban J connectivity index is 1.36. The van der Waals surface area contributed by atoms with Crippen molar-refractivity contribution in [2.24, 2.45) is 0 Å². The van der Waals surface area contributed by atoms with Crippen LogP contribution in [0, 0.1) is 0 Å². The summed E-state index contributed by atoms with van der Waals surface area (Å²) in [5, 5.41) is 6.29. The number of thiazole rings is 1. The molecular formula is C22H20N2O3S2. The maximum absolute atomic E-state index is 12.2. The summed E-state index contributed by atoms with van der Waals surface area (Å²) < 4.78 is 11.4. The Morgan fingerprint density at radius 2 is 2.07 bits per heavy atom. The van der Waals surface area contributed by atoms with Gasteiger partial charge in [-0.05, 0) is 43.3 Å². The second kappa shape index (κ2) is 9.15. The van der Waals surface area contributed by atoms with Crippen molar-refractivity contribution < 1.29 is 13.9 Å². The third-order valence-electron chi connectivity index (χ3n) is 4.14. The number of hydrogen-bond acceptors (Lipinski definition) is 6. The van der Waals surface area contributed by atoms with Gasteiger partial charge in [-0.1, -0.05) is 18.2 Å². The van der Waals surface area contributed by atoms with E-state index < -0.39 is 0 Å². The Kier molecular flexibility index (Phi) is 6.17. The molecule has 0 spiro atoms. The largest absolute Gasteiger partial charge is 0.494 e. The smallest absolute Gasteiger partial charge is 0.226 e. The quantitative estimate of drug-likeness (QED) is 0.348. The summed E-state index contributed by atoms with van der Waals surface area (Å²) >= 11 is 3.05. The fourth-order valence-electron chi connectivity index (χ4n) is 2.81. The van der Waals surface area contributed by atoms with Crippen LogP contribution in [0.25, 0.3) is 22.4 Å². The van der Waals surface area contributed by atoms with Crippen molar-refractivity contribution in [2.75, 3.05) is 17.7 Å². The van der Waals surface area contributed by atoms with E-state index >= 15 is 0 Å².